The van der Waals surface area contributed by atoms with Gasteiger partial charge in [-0.15, -0.1) is 35.3 Å². The molecule has 3 rings (SSSR count). The number of piperidine rings is 1. The van der Waals surface area contributed by atoms with E-state index < -0.39 is 0 Å². The van der Waals surface area contributed by atoms with Gasteiger partial charge in [-0.05, 0) is 38.8 Å². The second-order valence-electron chi connectivity index (χ2n) is 6.46. The molecule has 1 atom stereocenters. The van der Waals surface area contributed by atoms with Crippen LogP contribution in [0.3, 0.4) is 0 Å². The molecule has 24 heavy (non-hydrogen) atoms. The fraction of sp³-hybridized carbons (Fsp3) is 0.765. The molecule has 136 valence electrons. The first kappa shape index (κ1) is 19.9. The van der Waals surface area contributed by atoms with Gasteiger partial charge in [0.2, 0.25) is 0 Å². The maximum absolute atomic E-state index is 4.48. The summed E-state index contributed by atoms with van der Waals surface area (Å²) in [5, 5.41) is 4.64. The standard InChI is InChI=1S/C17H29N5S.HI/c1-3-15-11-19-16(23-15)12-20-17(18-2)22-10-7-14(13-22)21-8-5-4-6-9-21;/h11,14H,3-10,12-13H2,1-2H3,(H,18,20);1H. The highest BCUT2D eigenvalue weighted by atomic mass is 127. The predicted octanol–water partition coefficient (Wildman–Crippen LogP) is 2.96. The van der Waals surface area contributed by atoms with Crippen molar-refractivity contribution in [1.29, 1.82) is 0 Å². The molecule has 1 aromatic heterocycles. The first-order valence-electron chi connectivity index (χ1n) is 8.93. The van der Waals surface area contributed by atoms with Crippen LogP contribution in [0.2, 0.25) is 0 Å². The van der Waals surface area contributed by atoms with Gasteiger partial charge in [0, 0.05) is 37.3 Å². The summed E-state index contributed by atoms with van der Waals surface area (Å²) in [5.41, 5.74) is 0. The number of aryl methyl sites for hydroxylation is 1. The molecule has 0 amide bonds. The van der Waals surface area contributed by atoms with E-state index >= 15 is 0 Å². The molecule has 5 nitrogen and oxygen atoms in total. The number of aromatic nitrogens is 1. The zero-order valence-corrected chi connectivity index (χ0v) is 18.0. The van der Waals surface area contributed by atoms with Gasteiger partial charge in [0.25, 0.3) is 0 Å². The Morgan fingerprint density at radius 2 is 2.12 bits per heavy atom. The summed E-state index contributed by atoms with van der Waals surface area (Å²) in [5.74, 6) is 1.03. The van der Waals surface area contributed by atoms with Crippen molar-refractivity contribution in [3.8, 4) is 0 Å². The molecule has 3 heterocycles. The van der Waals surface area contributed by atoms with Gasteiger partial charge in [0.05, 0.1) is 6.54 Å². The van der Waals surface area contributed by atoms with Crippen molar-refractivity contribution in [2.45, 2.75) is 51.6 Å². The Bertz CT molecular complexity index is 527. The van der Waals surface area contributed by atoms with Gasteiger partial charge < -0.3 is 10.2 Å². The number of hydrogen-bond donors (Lipinski definition) is 1. The maximum Gasteiger partial charge on any atom is 0.194 e. The van der Waals surface area contributed by atoms with Crippen LogP contribution in [0, 0.1) is 0 Å². The average Bonchev–Trinajstić information content (AvgIpc) is 3.26. The van der Waals surface area contributed by atoms with Crippen LogP contribution >= 0.6 is 35.3 Å². The summed E-state index contributed by atoms with van der Waals surface area (Å²) in [4.78, 5) is 15.4. The van der Waals surface area contributed by atoms with Crippen molar-refractivity contribution in [2.75, 3.05) is 33.2 Å². The Kier molecular flexibility index (Phi) is 8.22. The molecule has 0 saturated carbocycles. The summed E-state index contributed by atoms with van der Waals surface area (Å²) >= 11 is 1.80. The second kappa shape index (κ2) is 9.91. The van der Waals surface area contributed by atoms with Gasteiger partial charge in [0.1, 0.15) is 5.01 Å². The van der Waals surface area contributed by atoms with E-state index in [-0.39, 0.29) is 24.0 Å². The lowest BCUT2D eigenvalue weighted by Gasteiger charge is -2.32. The minimum atomic E-state index is 0. The molecule has 2 saturated heterocycles. The first-order valence-corrected chi connectivity index (χ1v) is 9.75. The minimum absolute atomic E-state index is 0. The Hall–Kier alpha value is -0.410. The number of nitrogens with one attached hydrogen (secondary N) is 1. The maximum atomic E-state index is 4.48. The number of nitrogens with zero attached hydrogens (tertiary/aromatic N) is 4. The van der Waals surface area contributed by atoms with Crippen LogP contribution in [0.4, 0.5) is 0 Å². The Morgan fingerprint density at radius 1 is 1.33 bits per heavy atom. The van der Waals surface area contributed by atoms with E-state index in [2.05, 4.69) is 32.0 Å². The topological polar surface area (TPSA) is 43.8 Å². The number of aliphatic imine (C=N–C) groups is 1. The zero-order chi connectivity index (χ0) is 16.1. The van der Waals surface area contributed by atoms with Gasteiger partial charge >= 0.3 is 0 Å². The molecule has 1 unspecified atom stereocenters. The third-order valence-electron chi connectivity index (χ3n) is 4.93. The molecule has 0 spiro atoms. The summed E-state index contributed by atoms with van der Waals surface area (Å²) < 4.78 is 0. The van der Waals surface area contributed by atoms with Gasteiger partial charge in [-0.25, -0.2) is 4.98 Å². The van der Waals surface area contributed by atoms with E-state index in [1.54, 1.807) is 11.3 Å². The van der Waals surface area contributed by atoms with Gasteiger partial charge in [-0.3, -0.25) is 9.89 Å². The molecule has 0 aromatic carbocycles. The van der Waals surface area contributed by atoms with Gasteiger partial charge in [-0.1, -0.05) is 13.3 Å². The molecule has 0 aliphatic carbocycles. The lowest BCUT2D eigenvalue weighted by Crippen LogP contribution is -2.44. The first-order chi connectivity index (χ1) is 11.3. The van der Waals surface area contributed by atoms with Crippen molar-refractivity contribution in [1.82, 2.24) is 20.1 Å². The highest BCUT2D eigenvalue weighted by molar-refractivity contribution is 14.0. The third-order valence-corrected chi connectivity index (χ3v) is 6.07. The Morgan fingerprint density at radius 3 is 2.79 bits per heavy atom. The summed E-state index contributed by atoms with van der Waals surface area (Å²) in [6.45, 7) is 7.74. The van der Waals surface area contributed by atoms with E-state index in [9.17, 15) is 0 Å². The van der Waals surface area contributed by atoms with Crippen LogP contribution in [0.15, 0.2) is 11.2 Å². The van der Waals surface area contributed by atoms with E-state index in [1.165, 1.54) is 43.6 Å². The van der Waals surface area contributed by atoms with E-state index in [0.29, 0.717) is 6.04 Å². The lowest BCUT2D eigenvalue weighted by atomic mass is 10.1. The largest absolute Gasteiger partial charge is 0.350 e. The number of thiazole rings is 1. The fourth-order valence-electron chi connectivity index (χ4n) is 3.60. The normalized spacial score (nSPS) is 22.5. The Balaban J connectivity index is 0.00000208. The van der Waals surface area contributed by atoms with E-state index in [4.69, 9.17) is 0 Å². The third kappa shape index (κ3) is 5.05. The molecule has 7 heteroatoms. The quantitative estimate of drug-likeness (QED) is 0.424. The van der Waals surface area contributed by atoms with Gasteiger partial charge in [-0.2, -0.15) is 0 Å². The zero-order valence-electron chi connectivity index (χ0n) is 14.8. The molecule has 2 aliphatic heterocycles. The number of rotatable bonds is 4. The highest BCUT2D eigenvalue weighted by Gasteiger charge is 2.29. The van der Waals surface area contributed by atoms with Crippen molar-refractivity contribution in [3.05, 3.63) is 16.1 Å². The van der Waals surface area contributed by atoms with Crippen LogP contribution in [-0.4, -0.2) is 60.0 Å². The number of guanidine groups is 1. The van der Waals surface area contributed by atoms with Crippen molar-refractivity contribution in [2.24, 2.45) is 4.99 Å². The number of halogens is 1. The van der Waals surface area contributed by atoms with Crippen molar-refractivity contribution >= 4 is 41.3 Å². The summed E-state index contributed by atoms with van der Waals surface area (Å²) in [7, 11) is 1.88. The van der Waals surface area contributed by atoms with Crippen LogP contribution in [-0.2, 0) is 13.0 Å². The fourth-order valence-corrected chi connectivity index (χ4v) is 4.40. The van der Waals surface area contributed by atoms with E-state index in [1.807, 2.05) is 13.2 Å². The van der Waals surface area contributed by atoms with Crippen LogP contribution in [0.5, 0.6) is 0 Å². The van der Waals surface area contributed by atoms with Crippen LogP contribution < -0.4 is 5.32 Å². The molecule has 0 bridgehead atoms. The summed E-state index contributed by atoms with van der Waals surface area (Å²) in [6.07, 6.45) is 8.46. The smallest absolute Gasteiger partial charge is 0.194 e. The average molecular weight is 463 g/mol. The molecule has 1 N–H and O–H groups in total. The van der Waals surface area contributed by atoms with Crippen LogP contribution in [0.1, 0.15) is 42.5 Å². The molecule has 1 aromatic rings. The Labute approximate surface area is 166 Å². The molecule has 2 fully saturated rings. The molecular weight excluding hydrogens is 433 g/mol. The predicted molar refractivity (Wildman–Crippen MR) is 113 cm³/mol. The number of likely N-dealkylation sites (tertiary alicyclic amines) is 2. The monoisotopic (exact) mass is 463 g/mol. The lowest BCUT2D eigenvalue weighted by molar-refractivity contribution is 0.168. The van der Waals surface area contributed by atoms with Crippen molar-refractivity contribution in [3.63, 3.8) is 0 Å². The van der Waals surface area contributed by atoms with Crippen LogP contribution in [0.25, 0.3) is 0 Å². The molecular formula is C17H30IN5S. The SMILES string of the molecule is CCc1cnc(CNC(=NC)N2CCC(N3CCCCC3)C2)s1.I. The van der Waals surface area contributed by atoms with Crippen molar-refractivity contribution < 1.29 is 0 Å². The summed E-state index contributed by atoms with van der Waals surface area (Å²) in [6, 6.07) is 0.709. The molecule has 0 radical (unpaired) electrons. The minimum Gasteiger partial charge on any atom is -0.350 e. The molecule has 2 aliphatic rings. The highest BCUT2D eigenvalue weighted by Crippen LogP contribution is 2.20. The second-order valence-corrected chi connectivity index (χ2v) is 7.66. The van der Waals surface area contributed by atoms with Gasteiger partial charge in [0.15, 0.2) is 5.96 Å². The number of hydrogen-bond acceptors (Lipinski definition) is 4. The van der Waals surface area contributed by atoms with E-state index in [0.717, 1.165) is 37.0 Å².